The Bertz CT molecular complexity index is 420. The van der Waals surface area contributed by atoms with Crippen molar-refractivity contribution in [3.63, 3.8) is 0 Å². The summed E-state index contributed by atoms with van der Waals surface area (Å²) in [7, 11) is 0. The molecule has 0 spiro atoms. The van der Waals surface area contributed by atoms with Crippen molar-refractivity contribution in [2.24, 2.45) is 5.92 Å². The normalized spacial score (nSPS) is 19.1. The van der Waals surface area contributed by atoms with Gasteiger partial charge in [-0.1, -0.05) is 11.8 Å². The van der Waals surface area contributed by atoms with Gasteiger partial charge in [0.05, 0.1) is 5.69 Å². The summed E-state index contributed by atoms with van der Waals surface area (Å²) in [4.78, 5) is 15.5. The fourth-order valence-corrected chi connectivity index (χ4v) is 2.82. The first-order chi connectivity index (χ1) is 7.54. The lowest BCUT2D eigenvalue weighted by Crippen LogP contribution is -2.34. The standard InChI is InChI=1S/C11H14N2O2S/c1-11(10(14)15,7-4-5-7)16-9-8(12)3-2-6-13-9/h2-3,6-7H,4-5,12H2,1H3,(H,14,15). The Morgan fingerprint density at radius 3 is 2.88 bits per heavy atom. The molecule has 16 heavy (non-hydrogen) atoms. The summed E-state index contributed by atoms with van der Waals surface area (Å²) in [6, 6.07) is 3.49. The van der Waals surface area contributed by atoms with Crippen LogP contribution in [0.4, 0.5) is 5.69 Å². The van der Waals surface area contributed by atoms with Gasteiger partial charge < -0.3 is 10.8 Å². The van der Waals surface area contributed by atoms with Gasteiger partial charge in [0.15, 0.2) is 0 Å². The first kappa shape index (κ1) is 11.3. The molecule has 1 aliphatic rings. The molecule has 1 heterocycles. The second kappa shape index (κ2) is 3.97. The third-order valence-corrected chi connectivity index (χ3v) is 4.36. The highest BCUT2D eigenvalue weighted by molar-refractivity contribution is 8.01. The number of rotatable bonds is 4. The summed E-state index contributed by atoms with van der Waals surface area (Å²) < 4.78 is -0.803. The number of carboxylic acids is 1. The molecular formula is C11H14N2O2S. The molecule has 0 aliphatic heterocycles. The van der Waals surface area contributed by atoms with Gasteiger partial charge in [0, 0.05) is 6.20 Å². The predicted octanol–water partition coefficient (Wildman–Crippen LogP) is 2.01. The number of pyridine rings is 1. The molecule has 1 aromatic heterocycles. The van der Waals surface area contributed by atoms with Gasteiger partial charge in [-0.3, -0.25) is 4.79 Å². The van der Waals surface area contributed by atoms with E-state index in [9.17, 15) is 9.90 Å². The van der Waals surface area contributed by atoms with Gasteiger partial charge in [0.1, 0.15) is 9.77 Å². The average molecular weight is 238 g/mol. The maximum atomic E-state index is 11.3. The number of hydrogen-bond acceptors (Lipinski definition) is 4. The molecule has 2 rings (SSSR count). The number of hydrogen-bond donors (Lipinski definition) is 2. The summed E-state index contributed by atoms with van der Waals surface area (Å²) >= 11 is 1.26. The first-order valence-corrected chi connectivity index (χ1v) is 5.98. The monoisotopic (exact) mass is 238 g/mol. The summed E-state index contributed by atoms with van der Waals surface area (Å²) in [5.74, 6) is -0.554. The van der Waals surface area contributed by atoms with E-state index >= 15 is 0 Å². The minimum absolute atomic E-state index is 0.233. The van der Waals surface area contributed by atoms with Gasteiger partial charge >= 0.3 is 5.97 Å². The number of thioether (sulfide) groups is 1. The molecule has 86 valence electrons. The van der Waals surface area contributed by atoms with Crippen LogP contribution >= 0.6 is 11.8 Å². The molecule has 0 bridgehead atoms. The van der Waals surface area contributed by atoms with E-state index in [0.29, 0.717) is 10.7 Å². The summed E-state index contributed by atoms with van der Waals surface area (Å²) in [5.41, 5.74) is 6.31. The number of nitrogens with two attached hydrogens (primary N) is 1. The highest BCUT2D eigenvalue weighted by Gasteiger charge is 2.48. The molecule has 5 heteroatoms. The Labute approximate surface area is 98.3 Å². The largest absolute Gasteiger partial charge is 0.480 e. The molecule has 1 atom stereocenters. The van der Waals surface area contributed by atoms with Crippen molar-refractivity contribution in [3.05, 3.63) is 18.3 Å². The Kier molecular flexibility index (Phi) is 2.80. The number of anilines is 1. The molecule has 1 fully saturated rings. The minimum Gasteiger partial charge on any atom is -0.480 e. The highest BCUT2D eigenvalue weighted by Crippen LogP contribution is 2.50. The van der Waals surface area contributed by atoms with E-state index in [4.69, 9.17) is 5.73 Å². The Morgan fingerprint density at radius 2 is 2.38 bits per heavy atom. The van der Waals surface area contributed by atoms with E-state index in [-0.39, 0.29) is 5.92 Å². The second-order valence-corrected chi connectivity index (χ2v) is 5.63. The van der Waals surface area contributed by atoms with Gasteiger partial charge in [-0.25, -0.2) is 4.98 Å². The van der Waals surface area contributed by atoms with Crippen molar-refractivity contribution in [3.8, 4) is 0 Å². The number of aromatic nitrogens is 1. The molecule has 0 radical (unpaired) electrons. The Morgan fingerprint density at radius 1 is 1.69 bits per heavy atom. The van der Waals surface area contributed by atoms with E-state index in [1.165, 1.54) is 11.8 Å². The molecular weight excluding hydrogens is 224 g/mol. The smallest absolute Gasteiger partial charge is 0.320 e. The zero-order valence-corrected chi connectivity index (χ0v) is 9.83. The molecule has 1 saturated carbocycles. The fraction of sp³-hybridized carbons (Fsp3) is 0.455. The van der Waals surface area contributed by atoms with Crippen LogP contribution in [0.2, 0.25) is 0 Å². The number of aliphatic carboxylic acids is 1. The molecule has 1 unspecified atom stereocenters. The summed E-state index contributed by atoms with van der Waals surface area (Å²) in [6.45, 7) is 1.76. The molecule has 1 aliphatic carbocycles. The van der Waals surface area contributed by atoms with E-state index in [1.807, 2.05) is 0 Å². The van der Waals surface area contributed by atoms with Crippen LogP contribution < -0.4 is 5.73 Å². The molecule has 0 amide bonds. The van der Waals surface area contributed by atoms with Crippen molar-refractivity contribution in [2.75, 3.05) is 5.73 Å². The molecule has 3 N–H and O–H groups in total. The molecule has 0 saturated heterocycles. The Hall–Kier alpha value is -1.23. The summed E-state index contributed by atoms with van der Waals surface area (Å²) in [6.07, 6.45) is 3.58. The lowest BCUT2D eigenvalue weighted by atomic mass is 10.1. The lowest BCUT2D eigenvalue weighted by Gasteiger charge is -2.23. The lowest BCUT2D eigenvalue weighted by molar-refractivity contribution is -0.139. The predicted molar refractivity (Wildman–Crippen MR) is 63.3 cm³/mol. The number of nitrogens with zero attached hydrogens (tertiary/aromatic N) is 1. The van der Waals surface area contributed by atoms with Crippen LogP contribution in [0, 0.1) is 5.92 Å². The van der Waals surface area contributed by atoms with E-state index in [2.05, 4.69) is 4.98 Å². The third kappa shape index (κ3) is 2.00. The maximum absolute atomic E-state index is 11.3. The number of carbonyl (C=O) groups is 1. The minimum atomic E-state index is -0.803. The van der Waals surface area contributed by atoms with Gasteiger partial charge in [0.2, 0.25) is 0 Å². The average Bonchev–Trinajstić information content (AvgIpc) is 3.04. The first-order valence-electron chi connectivity index (χ1n) is 5.17. The van der Waals surface area contributed by atoms with Crippen molar-refractivity contribution < 1.29 is 9.90 Å². The summed E-state index contributed by atoms with van der Waals surface area (Å²) in [5, 5.41) is 9.92. The number of nitrogen functional groups attached to an aromatic ring is 1. The zero-order valence-electron chi connectivity index (χ0n) is 9.01. The van der Waals surface area contributed by atoms with Crippen LogP contribution in [-0.2, 0) is 4.79 Å². The van der Waals surface area contributed by atoms with Crippen LogP contribution in [0.3, 0.4) is 0 Å². The van der Waals surface area contributed by atoms with Crippen LogP contribution in [0.15, 0.2) is 23.4 Å². The topological polar surface area (TPSA) is 76.2 Å². The van der Waals surface area contributed by atoms with Crippen LogP contribution in [0.5, 0.6) is 0 Å². The number of carboxylic acid groups (broad SMARTS) is 1. The maximum Gasteiger partial charge on any atom is 0.320 e. The SMILES string of the molecule is CC(Sc1ncccc1N)(C(=O)O)C1CC1. The van der Waals surface area contributed by atoms with Crippen molar-refractivity contribution >= 4 is 23.4 Å². The van der Waals surface area contributed by atoms with Crippen LogP contribution in [0.1, 0.15) is 19.8 Å². The quantitative estimate of drug-likeness (QED) is 0.785. The fourth-order valence-electron chi connectivity index (χ4n) is 1.63. The van der Waals surface area contributed by atoms with E-state index in [1.54, 1.807) is 25.3 Å². The van der Waals surface area contributed by atoms with Crippen molar-refractivity contribution in [1.82, 2.24) is 4.98 Å². The third-order valence-electron chi connectivity index (χ3n) is 2.89. The van der Waals surface area contributed by atoms with Crippen LogP contribution in [0.25, 0.3) is 0 Å². The zero-order chi connectivity index (χ0) is 11.8. The van der Waals surface area contributed by atoms with Crippen molar-refractivity contribution in [1.29, 1.82) is 0 Å². The van der Waals surface area contributed by atoms with Gasteiger partial charge in [-0.05, 0) is 37.8 Å². The second-order valence-electron chi connectivity index (χ2n) is 4.19. The van der Waals surface area contributed by atoms with E-state index < -0.39 is 10.7 Å². The Balaban J connectivity index is 2.24. The van der Waals surface area contributed by atoms with Gasteiger partial charge in [-0.2, -0.15) is 0 Å². The van der Waals surface area contributed by atoms with Crippen molar-refractivity contribution in [2.45, 2.75) is 29.5 Å². The van der Waals surface area contributed by atoms with Gasteiger partial charge in [-0.15, -0.1) is 0 Å². The molecule has 4 nitrogen and oxygen atoms in total. The van der Waals surface area contributed by atoms with E-state index in [0.717, 1.165) is 12.8 Å². The van der Waals surface area contributed by atoms with Crippen LogP contribution in [-0.4, -0.2) is 20.8 Å². The molecule has 0 aromatic carbocycles. The van der Waals surface area contributed by atoms with Gasteiger partial charge in [0.25, 0.3) is 0 Å². The highest BCUT2D eigenvalue weighted by atomic mass is 32.2. The molecule has 1 aromatic rings.